The van der Waals surface area contributed by atoms with Crippen LogP contribution in [0.4, 0.5) is 4.39 Å². The quantitative estimate of drug-likeness (QED) is 0.426. The average Bonchev–Trinajstić information content (AvgIpc) is 3.22. The number of sulfone groups is 1. The Morgan fingerprint density at radius 1 is 1.09 bits per heavy atom. The summed E-state index contributed by atoms with van der Waals surface area (Å²) in [5, 5.41) is 7.68. The number of nitrogens with zero attached hydrogens (tertiary/aromatic N) is 4. The number of benzene rings is 2. The maximum Gasteiger partial charge on any atom is 0.183 e. The van der Waals surface area contributed by atoms with Gasteiger partial charge in [0.15, 0.2) is 15.5 Å². The van der Waals surface area contributed by atoms with Gasteiger partial charge in [-0.15, -0.1) is 5.10 Å². The number of aromatic nitrogens is 4. The predicted octanol–water partition coefficient (Wildman–Crippen LogP) is 4.51. The molecule has 4 rings (SSSR count). The number of ether oxygens (including phenoxy) is 1. The minimum absolute atomic E-state index is 0.134. The van der Waals surface area contributed by atoms with Crippen molar-refractivity contribution in [3.8, 4) is 28.0 Å². The fraction of sp³-hybridized carbons (Fsp3) is 0.261. The van der Waals surface area contributed by atoms with Gasteiger partial charge in [0.2, 0.25) is 0 Å². The summed E-state index contributed by atoms with van der Waals surface area (Å²) in [7, 11) is -2.06. The highest BCUT2D eigenvalue weighted by Gasteiger charge is 2.22. The number of fused-ring (bicyclic) bond motifs is 1. The van der Waals surface area contributed by atoms with Gasteiger partial charge in [-0.25, -0.2) is 17.8 Å². The standard InChI is InChI=1S/C23H23FN4O3S/c1-5-28-13-25-22-19(12-26-27-23(22)28)15-6-9-20(24)18(10-15)17-8-7-16(11-21(17)31-4)32(29,30)14(2)3/h6-14H,5H2,1-4H3. The molecule has 32 heavy (non-hydrogen) atoms. The summed E-state index contributed by atoms with van der Waals surface area (Å²) in [6.07, 6.45) is 3.30. The zero-order valence-corrected chi connectivity index (χ0v) is 19.0. The molecule has 0 N–H and O–H groups in total. The Labute approximate surface area is 185 Å². The van der Waals surface area contributed by atoms with E-state index in [1.165, 1.54) is 25.3 Å². The number of methoxy groups -OCH3 is 1. The van der Waals surface area contributed by atoms with Crippen molar-refractivity contribution in [2.75, 3.05) is 7.11 Å². The van der Waals surface area contributed by atoms with Gasteiger partial charge in [0.1, 0.15) is 17.1 Å². The first-order valence-corrected chi connectivity index (χ1v) is 11.7. The second kappa shape index (κ2) is 8.31. The van der Waals surface area contributed by atoms with E-state index in [4.69, 9.17) is 4.74 Å². The van der Waals surface area contributed by atoms with Crippen LogP contribution < -0.4 is 4.74 Å². The maximum atomic E-state index is 14.9. The van der Waals surface area contributed by atoms with Crippen molar-refractivity contribution in [1.82, 2.24) is 19.7 Å². The molecule has 7 nitrogen and oxygen atoms in total. The van der Waals surface area contributed by atoms with Gasteiger partial charge in [-0.1, -0.05) is 6.07 Å². The number of hydrogen-bond donors (Lipinski definition) is 0. The Bertz CT molecular complexity index is 1410. The number of rotatable bonds is 6. The lowest BCUT2D eigenvalue weighted by Gasteiger charge is -2.14. The molecule has 0 radical (unpaired) electrons. The maximum absolute atomic E-state index is 14.9. The van der Waals surface area contributed by atoms with Crippen LogP contribution in [0.3, 0.4) is 0 Å². The SMILES string of the molecule is CCn1cnc2c(-c3ccc(F)c(-c4ccc(S(=O)(=O)C(C)C)cc4OC)c3)cnnc21. The molecule has 0 saturated carbocycles. The van der Waals surface area contributed by atoms with Crippen molar-refractivity contribution in [2.45, 2.75) is 37.5 Å². The average molecular weight is 455 g/mol. The lowest BCUT2D eigenvalue weighted by atomic mass is 9.98. The van der Waals surface area contributed by atoms with Crippen molar-refractivity contribution >= 4 is 21.0 Å². The van der Waals surface area contributed by atoms with E-state index in [9.17, 15) is 12.8 Å². The molecule has 0 saturated heterocycles. The van der Waals surface area contributed by atoms with E-state index in [1.54, 1.807) is 44.6 Å². The first-order chi connectivity index (χ1) is 15.3. The molecule has 2 aromatic heterocycles. The summed E-state index contributed by atoms with van der Waals surface area (Å²) >= 11 is 0. The summed E-state index contributed by atoms with van der Waals surface area (Å²) in [4.78, 5) is 4.59. The third kappa shape index (κ3) is 3.62. The van der Waals surface area contributed by atoms with Crippen molar-refractivity contribution in [1.29, 1.82) is 0 Å². The van der Waals surface area contributed by atoms with E-state index >= 15 is 0 Å². The van der Waals surface area contributed by atoms with Gasteiger partial charge >= 0.3 is 0 Å². The molecule has 0 aliphatic rings. The van der Waals surface area contributed by atoms with E-state index in [0.29, 0.717) is 28.8 Å². The number of halogens is 1. The first kappa shape index (κ1) is 21.9. The van der Waals surface area contributed by atoms with Crippen LogP contribution in [0.2, 0.25) is 0 Å². The van der Waals surface area contributed by atoms with E-state index in [0.717, 1.165) is 5.56 Å². The lowest BCUT2D eigenvalue weighted by Crippen LogP contribution is -2.14. The van der Waals surface area contributed by atoms with Gasteiger partial charge in [-0.2, -0.15) is 5.10 Å². The molecule has 0 amide bonds. The van der Waals surface area contributed by atoms with Crippen LogP contribution in [0.25, 0.3) is 33.4 Å². The van der Waals surface area contributed by atoms with Crippen LogP contribution in [-0.4, -0.2) is 40.5 Å². The topological polar surface area (TPSA) is 87.0 Å². The van der Waals surface area contributed by atoms with Gasteiger partial charge in [0.25, 0.3) is 0 Å². The molecule has 166 valence electrons. The molecule has 0 atom stereocenters. The van der Waals surface area contributed by atoms with E-state index in [2.05, 4.69) is 15.2 Å². The molecule has 0 unspecified atom stereocenters. The highest BCUT2D eigenvalue weighted by Crippen LogP contribution is 2.37. The Morgan fingerprint density at radius 2 is 1.88 bits per heavy atom. The van der Waals surface area contributed by atoms with Crippen molar-refractivity contribution in [3.63, 3.8) is 0 Å². The predicted molar refractivity (Wildman–Crippen MR) is 121 cm³/mol. The number of imidazole rings is 1. The Morgan fingerprint density at radius 3 is 2.56 bits per heavy atom. The third-order valence-electron chi connectivity index (χ3n) is 5.43. The monoisotopic (exact) mass is 454 g/mol. The molecule has 0 aliphatic carbocycles. The first-order valence-electron chi connectivity index (χ1n) is 10.2. The zero-order valence-electron chi connectivity index (χ0n) is 18.2. The number of hydrogen-bond acceptors (Lipinski definition) is 6. The van der Waals surface area contributed by atoms with Crippen molar-refractivity contribution in [3.05, 3.63) is 54.7 Å². The Hall–Kier alpha value is -3.33. The minimum atomic E-state index is -3.49. The Balaban J connectivity index is 1.87. The van der Waals surface area contributed by atoms with Crippen molar-refractivity contribution in [2.24, 2.45) is 0 Å². The molecule has 2 aromatic carbocycles. The fourth-order valence-corrected chi connectivity index (χ4v) is 4.63. The number of aryl methyl sites for hydroxylation is 1. The summed E-state index contributed by atoms with van der Waals surface area (Å²) in [6, 6.07) is 9.20. The van der Waals surface area contributed by atoms with Gasteiger partial charge in [0.05, 0.1) is 29.8 Å². The van der Waals surface area contributed by atoms with Crippen molar-refractivity contribution < 1.29 is 17.5 Å². The Kier molecular flexibility index (Phi) is 5.68. The van der Waals surface area contributed by atoms with Gasteiger partial charge in [-0.3, -0.25) is 0 Å². The molecular weight excluding hydrogens is 431 g/mol. The molecule has 4 aromatic rings. The highest BCUT2D eigenvalue weighted by molar-refractivity contribution is 7.92. The molecule has 0 fully saturated rings. The molecule has 0 spiro atoms. The van der Waals surface area contributed by atoms with Crippen LogP contribution in [0.15, 0.2) is 53.8 Å². The van der Waals surface area contributed by atoms with Crippen LogP contribution in [0.1, 0.15) is 20.8 Å². The summed E-state index contributed by atoms with van der Waals surface area (Å²) in [5.74, 6) is -0.181. The minimum Gasteiger partial charge on any atom is -0.496 e. The summed E-state index contributed by atoms with van der Waals surface area (Å²) < 4.78 is 47.3. The van der Waals surface area contributed by atoms with Crippen LogP contribution in [0.5, 0.6) is 5.75 Å². The van der Waals surface area contributed by atoms with Gasteiger partial charge in [0, 0.05) is 23.2 Å². The zero-order chi connectivity index (χ0) is 23.0. The molecule has 9 heteroatoms. The normalized spacial score (nSPS) is 11.9. The molecule has 0 bridgehead atoms. The smallest absolute Gasteiger partial charge is 0.183 e. The van der Waals surface area contributed by atoms with Crippen LogP contribution >= 0.6 is 0 Å². The van der Waals surface area contributed by atoms with Crippen LogP contribution in [0, 0.1) is 5.82 Å². The highest BCUT2D eigenvalue weighted by atomic mass is 32.2. The van der Waals surface area contributed by atoms with E-state index in [-0.39, 0.29) is 16.2 Å². The lowest BCUT2D eigenvalue weighted by molar-refractivity contribution is 0.414. The molecule has 2 heterocycles. The van der Waals surface area contributed by atoms with Gasteiger partial charge < -0.3 is 9.30 Å². The second-order valence-electron chi connectivity index (χ2n) is 7.61. The van der Waals surface area contributed by atoms with E-state index in [1.807, 2.05) is 11.5 Å². The largest absolute Gasteiger partial charge is 0.496 e. The van der Waals surface area contributed by atoms with E-state index < -0.39 is 20.9 Å². The molecular formula is C23H23FN4O3S. The van der Waals surface area contributed by atoms with Gasteiger partial charge in [-0.05, 0) is 56.7 Å². The summed E-state index contributed by atoms with van der Waals surface area (Å²) in [5.41, 5.74) is 3.49. The third-order valence-corrected chi connectivity index (χ3v) is 7.59. The summed E-state index contributed by atoms with van der Waals surface area (Å²) in [6.45, 7) is 5.91. The fourth-order valence-electron chi connectivity index (χ4n) is 3.56. The van der Waals surface area contributed by atoms with Crippen LogP contribution in [-0.2, 0) is 16.4 Å². The molecule has 0 aliphatic heterocycles. The second-order valence-corrected chi connectivity index (χ2v) is 10.1.